The van der Waals surface area contributed by atoms with E-state index in [1.54, 1.807) is 23.8 Å². The van der Waals surface area contributed by atoms with E-state index in [0.717, 1.165) is 31.2 Å². The van der Waals surface area contributed by atoms with Crippen LogP contribution in [0.3, 0.4) is 0 Å². The molecule has 0 radical (unpaired) electrons. The van der Waals surface area contributed by atoms with Crippen molar-refractivity contribution in [3.63, 3.8) is 0 Å². The zero-order chi connectivity index (χ0) is 17.9. The summed E-state index contributed by atoms with van der Waals surface area (Å²) in [5, 5.41) is 9.67. The lowest BCUT2D eigenvalue weighted by molar-refractivity contribution is 0.0276. The van der Waals surface area contributed by atoms with Gasteiger partial charge in [-0.15, -0.1) is 0 Å². The van der Waals surface area contributed by atoms with E-state index in [1.165, 1.54) is 0 Å². The van der Waals surface area contributed by atoms with Gasteiger partial charge in [-0.2, -0.15) is 17.4 Å². The van der Waals surface area contributed by atoms with Crippen LogP contribution in [0.25, 0.3) is 0 Å². The molecule has 1 aliphatic heterocycles. The lowest BCUT2D eigenvalue weighted by Crippen LogP contribution is -2.47. The molecule has 2 N–H and O–H groups in total. The Morgan fingerprint density at radius 1 is 1.24 bits per heavy atom. The van der Waals surface area contributed by atoms with E-state index in [2.05, 4.69) is 9.71 Å². The molecule has 3 rings (SSSR count). The van der Waals surface area contributed by atoms with Gasteiger partial charge in [-0.3, -0.25) is 4.98 Å². The van der Waals surface area contributed by atoms with E-state index in [-0.39, 0.29) is 12.0 Å². The number of rotatable bonds is 6. The molecule has 2 heterocycles. The van der Waals surface area contributed by atoms with Crippen molar-refractivity contribution >= 4 is 10.2 Å². The third-order valence-electron chi connectivity index (χ3n) is 5.13. The quantitative estimate of drug-likeness (QED) is 0.795. The molecule has 1 aromatic rings. The number of methoxy groups -OCH3 is 1. The van der Waals surface area contributed by atoms with Crippen molar-refractivity contribution in [2.45, 2.75) is 50.7 Å². The minimum atomic E-state index is -3.58. The van der Waals surface area contributed by atoms with Gasteiger partial charge >= 0.3 is 0 Å². The van der Waals surface area contributed by atoms with E-state index in [0.29, 0.717) is 31.7 Å². The van der Waals surface area contributed by atoms with Gasteiger partial charge in [0.25, 0.3) is 10.2 Å². The van der Waals surface area contributed by atoms with Gasteiger partial charge in [0, 0.05) is 19.3 Å². The van der Waals surface area contributed by atoms with Gasteiger partial charge in [0.05, 0.1) is 25.5 Å². The van der Waals surface area contributed by atoms with Gasteiger partial charge in [-0.05, 0) is 43.2 Å². The molecule has 1 atom stereocenters. The number of ether oxygens (including phenoxy) is 1. The first kappa shape index (κ1) is 18.6. The number of hydrogen-bond acceptors (Lipinski definition) is 5. The molecule has 0 aromatic carbocycles. The van der Waals surface area contributed by atoms with Gasteiger partial charge in [0.1, 0.15) is 5.75 Å². The van der Waals surface area contributed by atoms with Gasteiger partial charge in [0.15, 0.2) is 0 Å². The molecular formula is C17H27N3O4S. The van der Waals surface area contributed by atoms with E-state index < -0.39 is 16.3 Å². The standard InChI is InChI=1S/C17H27N3O4S/c1-24-16-10-14(11-18-12-16)17(13-8-15(21)9-13)19-25(22,23)20-6-4-2-3-5-7-20/h10-13,15,17,19,21H,2-9H2,1H3. The largest absolute Gasteiger partial charge is 0.495 e. The fourth-order valence-electron chi connectivity index (χ4n) is 3.57. The molecule has 2 aliphatic rings. The lowest BCUT2D eigenvalue weighted by Gasteiger charge is -2.38. The molecule has 1 aliphatic carbocycles. The van der Waals surface area contributed by atoms with Gasteiger partial charge in [-0.1, -0.05) is 12.8 Å². The first-order valence-electron chi connectivity index (χ1n) is 8.94. The molecule has 1 saturated heterocycles. The highest BCUT2D eigenvalue weighted by atomic mass is 32.2. The van der Waals surface area contributed by atoms with E-state index >= 15 is 0 Å². The summed E-state index contributed by atoms with van der Waals surface area (Å²) in [5.74, 6) is 0.655. The number of nitrogens with one attached hydrogen (secondary N) is 1. The average Bonchev–Trinajstić information content (AvgIpc) is 2.87. The molecule has 1 saturated carbocycles. The molecular weight excluding hydrogens is 342 g/mol. The number of nitrogens with zero attached hydrogens (tertiary/aromatic N) is 2. The minimum Gasteiger partial charge on any atom is -0.495 e. The van der Waals surface area contributed by atoms with Crippen molar-refractivity contribution in [1.29, 1.82) is 0 Å². The smallest absolute Gasteiger partial charge is 0.280 e. The van der Waals surface area contributed by atoms with Crippen molar-refractivity contribution in [3.05, 3.63) is 24.0 Å². The zero-order valence-electron chi connectivity index (χ0n) is 14.6. The molecule has 0 amide bonds. The Morgan fingerprint density at radius 2 is 1.92 bits per heavy atom. The normalized spacial score (nSPS) is 26.5. The summed E-state index contributed by atoms with van der Waals surface area (Å²) >= 11 is 0. The third-order valence-corrected chi connectivity index (χ3v) is 6.73. The molecule has 1 aromatic heterocycles. The van der Waals surface area contributed by atoms with Crippen LogP contribution in [0.5, 0.6) is 5.75 Å². The van der Waals surface area contributed by atoms with Crippen LogP contribution in [0.15, 0.2) is 18.5 Å². The summed E-state index contributed by atoms with van der Waals surface area (Å²) in [7, 11) is -2.02. The fraction of sp³-hybridized carbons (Fsp3) is 0.706. The van der Waals surface area contributed by atoms with Crippen molar-refractivity contribution in [2.75, 3.05) is 20.2 Å². The highest BCUT2D eigenvalue weighted by molar-refractivity contribution is 7.87. The highest BCUT2D eigenvalue weighted by Gasteiger charge is 2.38. The highest BCUT2D eigenvalue weighted by Crippen LogP contribution is 2.39. The average molecular weight is 369 g/mol. The lowest BCUT2D eigenvalue weighted by atomic mass is 9.76. The second-order valence-electron chi connectivity index (χ2n) is 6.96. The Kier molecular flexibility index (Phi) is 5.93. The predicted molar refractivity (Wildman–Crippen MR) is 94.4 cm³/mol. The number of pyridine rings is 1. The number of hydrogen-bond donors (Lipinski definition) is 2. The van der Waals surface area contributed by atoms with E-state index in [1.807, 2.05) is 6.07 Å². The molecule has 2 fully saturated rings. The van der Waals surface area contributed by atoms with Crippen molar-refractivity contribution in [2.24, 2.45) is 5.92 Å². The van der Waals surface area contributed by atoms with Crippen LogP contribution < -0.4 is 9.46 Å². The molecule has 8 heteroatoms. The van der Waals surface area contributed by atoms with Crippen LogP contribution >= 0.6 is 0 Å². The summed E-state index contributed by atoms with van der Waals surface area (Å²) in [6, 6.07) is 1.41. The summed E-state index contributed by atoms with van der Waals surface area (Å²) in [6.07, 6.45) is 8.03. The Labute approximate surface area is 149 Å². The van der Waals surface area contributed by atoms with Crippen LogP contribution in [-0.2, 0) is 10.2 Å². The molecule has 25 heavy (non-hydrogen) atoms. The van der Waals surface area contributed by atoms with Crippen LogP contribution in [0.1, 0.15) is 50.1 Å². The van der Waals surface area contributed by atoms with Crippen LogP contribution in [0.2, 0.25) is 0 Å². The first-order valence-corrected chi connectivity index (χ1v) is 10.4. The fourth-order valence-corrected chi connectivity index (χ4v) is 5.11. The molecule has 7 nitrogen and oxygen atoms in total. The monoisotopic (exact) mass is 369 g/mol. The number of aliphatic hydroxyl groups is 1. The SMILES string of the molecule is COc1cncc(C(NS(=O)(=O)N2CCCCCC2)C2CC(O)C2)c1. The van der Waals surface area contributed by atoms with Gasteiger partial charge in [0.2, 0.25) is 0 Å². The van der Waals surface area contributed by atoms with E-state index in [9.17, 15) is 13.5 Å². The molecule has 0 bridgehead atoms. The van der Waals surface area contributed by atoms with Gasteiger partial charge < -0.3 is 9.84 Å². The number of aromatic nitrogens is 1. The van der Waals surface area contributed by atoms with Crippen molar-refractivity contribution in [1.82, 2.24) is 14.0 Å². The maximum Gasteiger partial charge on any atom is 0.280 e. The molecule has 140 valence electrons. The Bertz CT molecular complexity index is 668. The number of aliphatic hydroxyl groups excluding tert-OH is 1. The van der Waals surface area contributed by atoms with Crippen LogP contribution in [0, 0.1) is 5.92 Å². The topological polar surface area (TPSA) is 91.8 Å². The zero-order valence-corrected chi connectivity index (χ0v) is 15.4. The summed E-state index contributed by atoms with van der Waals surface area (Å²) in [4.78, 5) is 4.16. The maximum absolute atomic E-state index is 12.9. The second kappa shape index (κ2) is 7.99. The van der Waals surface area contributed by atoms with E-state index in [4.69, 9.17) is 4.74 Å². The Morgan fingerprint density at radius 3 is 2.52 bits per heavy atom. The Balaban J connectivity index is 1.81. The summed E-state index contributed by atoms with van der Waals surface area (Å²) < 4.78 is 35.5. The minimum absolute atomic E-state index is 0.0608. The van der Waals surface area contributed by atoms with Crippen LogP contribution in [0.4, 0.5) is 0 Å². The molecule has 1 unspecified atom stereocenters. The van der Waals surface area contributed by atoms with Crippen molar-refractivity contribution < 1.29 is 18.3 Å². The Hall–Kier alpha value is -1.22. The van der Waals surface area contributed by atoms with Crippen LogP contribution in [-0.4, -0.2) is 49.1 Å². The van der Waals surface area contributed by atoms with Gasteiger partial charge in [-0.25, -0.2) is 0 Å². The summed E-state index contributed by atoms with van der Waals surface area (Å²) in [5.41, 5.74) is 0.773. The summed E-state index contributed by atoms with van der Waals surface area (Å²) in [6.45, 7) is 1.12. The maximum atomic E-state index is 12.9. The molecule has 0 spiro atoms. The first-order chi connectivity index (χ1) is 12.0. The third kappa shape index (κ3) is 4.49. The van der Waals surface area contributed by atoms with Crippen molar-refractivity contribution in [3.8, 4) is 5.75 Å². The second-order valence-corrected chi connectivity index (χ2v) is 8.66. The predicted octanol–water partition coefficient (Wildman–Crippen LogP) is 1.61.